The lowest BCUT2D eigenvalue weighted by Gasteiger charge is -2.10. The van der Waals surface area contributed by atoms with Crippen molar-refractivity contribution in [1.29, 1.82) is 0 Å². The Balaban J connectivity index is 1.99. The van der Waals surface area contributed by atoms with Gasteiger partial charge in [-0.05, 0) is 48.0 Å². The van der Waals surface area contributed by atoms with Crippen LogP contribution in [0.4, 0.5) is 14.5 Å². The van der Waals surface area contributed by atoms with Gasteiger partial charge in [0.15, 0.2) is 17.4 Å². The van der Waals surface area contributed by atoms with Crippen molar-refractivity contribution in [2.24, 2.45) is 0 Å². The van der Waals surface area contributed by atoms with E-state index < -0.39 is 23.3 Å². The summed E-state index contributed by atoms with van der Waals surface area (Å²) >= 11 is 0. The van der Waals surface area contributed by atoms with E-state index in [-0.39, 0.29) is 16.7 Å². The number of aromatic nitrogens is 1. The van der Waals surface area contributed by atoms with Crippen LogP contribution in [0.15, 0.2) is 72.6 Å². The second kappa shape index (κ2) is 8.88. The Morgan fingerprint density at radius 1 is 1.03 bits per heavy atom. The number of Topliss-reactive ketones (excluding diaryl/α,β-unsaturated/α-hetero) is 1. The number of ether oxygens (including phenoxy) is 1. The lowest BCUT2D eigenvalue weighted by Crippen LogP contribution is -2.21. The van der Waals surface area contributed by atoms with Gasteiger partial charge in [0.1, 0.15) is 5.75 Å². The van der Waals surface area contributed by atoms with Crippen molar-refractivity contribution >= 4 is 23.5 Å². The molecule has 1 heterocycles. The molecule has 3 rings (SSSR count). The van der Waals surface area contributed by atoms with Crippen molar-refractivity contribution in [3.8, 4) is 5.75 Å². The van der Waals surface area contributed by atoms with Gasteiger partial charge in [-0.2, -0.15) is 0 Å². The number of rotatable bonds is 6. The van der Waals surface area contributed by atoms with Crippen LogP contribution in [0.25, 0.3) is 6.08 Å². The topological polar surface area (TPSA) is 68.3 Å². The Kier molecular flexibility index (Phi) is 6.09. The molecule has 0 spiro atoms. The van der Waals surface area contributed by atoms with Crippen LogP contribution < -0.4 is 10.1 Å². The van der Waals surface area contributed by atoms with E-state index >= 15 is 0 Å². The number of hydrogen-bond donors (Lipinski definition) is 1. The predicted molar refractivity (Wildman–Crippen MR) is 105 cm³/mol. The summed E-state index contributed by atoms with van der Waals surface area (Å²) in [7, 11) is 1.49. The van der Waals surface area contributed by atoms with E-state index in [4.69, 9.17) is 4.74 Å². The molecule has 0 saturated carbocycles. The van der Waals surface area contributed by atoms with E-state index in [9.17, 15) is 18.4 Å². The third-order valence-electron chi connectivity index (χ3n) is 4.00. The fraction of sp³-hybridized carbons (Fsp3) is 0.0455. The number of carbonyl (C=O) groups is 2. The van der Waals surface area contributed by atoms with Crippen LogP contribution >= 0.6 is 0 Å². The zero-order valence-corrected chi connectivity index (χ0v) is 15.4. The number of amides is 1. The highest BCUT2D eigenvalue weighted by atomic mass is 19.2. The Morgan fingerprint density at radius 2 is 1.86 bits per heavy atom. The van der Waals surface area contributed by atoms with Crippen LogP contribution in [-0.2, 0) is 4.79 Å². The third kappa shape index (κ3) is 4.90. The number of methoxy groups -OCH3 is 1. The fourth-order valence-corrected chi connectivity index (χ4v) is 2.55. The number of anilines is 1. The molecule has 2 aromatic carbocycles. The van der Waals surface area contributed by atoms with Crippen molar-refractivity contribution in [1.82, 2.24) is 4.98 Å². The smallest absolute Gasteiger partial charge is 0.259 e. The number of hydrogen-bond acceptors (Lipinski definition) is 4. The van der Waals surface area contributed by atoms with Gasteiger partial charge in [-0.15, -0.1) is 0 Å². The first-order valence-electron chi connectivity index (χ1n) is 8.55. The zero-order valence-electron chi connectivity index (χ0n) is 15.4. The normalized spacial score (nSPS) is 11.1. The van der Waals surface area contributed by atoms with Crippen LogP contribution in [0.5, 0.6) is 5.75 Å². The molecule has 3 aromatic rings. The third-order valence-corrected chi connectivity index (χ3v) is 4.00. The quantitative estimate of drug-likeness (QED) is 0.293. The van der Waals surface area contributed by atoms with Crippen molar-refractivity contribution in [3.05, 3.63) is 95.3 Å². The number of halogens is 2. The molecule has 1 N–H and O–H groups in total. The van der Waals surface area contributed by atoms with E-state index in [0.717, 1.165) is 12.1 Å². The molecule has 0 unspecified atom stereocenters. The standard InChI is InChI=1S/C22H16F2N2O3/c1-29-17-6-2-5-16(12-17)26-22(28)18(21(27)15-4-3-9-25-13-15)10-14-7-8-19(23)20(24)11-14/h2-13H,1H3,(H,26,28)/b18-10+. The minimum atomic E-state index is -1.08. The fourth-order valence-electron chi connectivity index (χ4n) is 2.55. The second-order valence-electron chi connectivity index (χ2n) is 5.99. The van der Waals surface area contributed by atoms with E-state index in [2.05, 4.69) is 10.3 Å². The van der Waals surface area contributed by atoms with E-state index in [1.165, 1.54) is 37.7 Å². The number of pyridine rings is 1. The molecule has 0 radical (unpaired) electrons. The van der Waals surface area contributed by atoms with E-state index in [1.54, 1.807) is 30.3 Å². The maximum atomic E-state index is 13.6. The molecule has 1 aromatic heterocycles. The molecule has 146 valence electrons. The van der Waals surface area contributed by atoms with Crippen molar-refractivity contribution in [2.75, 3.05) is 12.4 Å². The summed E-state index contributed by atoms with van der Waals surface area (Å²) in [6, 6.07) is 12.8. The molecule has 0 aliphatic carbocycles. The van der Waals surface area contributed by atoms with Gasteiger partial charge in [0.05, 0.1) is 12.7 Å². The molecule has 5 nitrogen and oxygen atoms in total. The molecule has 0 aliphatic rings. The summed E-state index contributed by atoms with van der Waals surface area (Å²) in [5.74, 6) is -2.91. The highest BCUT2D eigenvalue weighted by molar-refractivity contribution is 6.31. The van der Waals surface area contributed by atoms with Gasteiger partial charge in [0.25, 0.3) is 5.91 Å². The van der Waals surface area contributed by atoms with Crippen LogP contribution in [0.2, 0.25) is 0 Å². The predicted octanol–water partition coefficient (Wildman–Crippen LogP) is 4.27. The Bertz CT molecular complexity index is 1080. The first kappa shape index (κ1) is 19.9. The molecular formula is C22H16F2N2O3. The van der Waals surface area contributed by atoms with Crippen molar-refractivity contribution in [3.63, 3.8) is 0 Å². The number of carbonyl (C=O) groups excluding carboxylic acids is 2. The van der Waals surface area contributed by atoms with Crippen molar-refractivity contribution < 1.29 is 23.1 Å². The number of benzene rings is 2. The van der Waals surface area contributed by atoms with Gasteiger partial charge in [0, 0.05) is 29.7 Å². The maximum Gasteiger partial charge on any atom is 0.259 e. The summed E-state index contributed by atoms with van der Waals surface area (Å²) in [6.07, 6.45) is 4.01. The minimum absolute atomic E-state index is 0.164. The van der Waals surface area contributed by atoms with Gasteiger partial charge in [-0.3, -0.25) is 14.6 Å². The van der Waals surface area contributed by atoms with Gasteiger partial charge in [-0.25, -0.2) is 8.78 Å². The van der Waals surface area contributed by atoms with Gasteiger partial charge in [-0.1, -0.05) is 12.1 Å². The largest absolute Gasteiger partial charge is 0.497 e. The Morgan fingerprint density at radius 3 is 2.55 bits per heavy atom. The summed E-state index contributed by atoms with van der Waals surface area (Å²) in [5, 5.41) is 2.62. The summed E-state index contributed by atoms with van der Waals surface area (Å²) in [6.45, 7) is 0. The molecule has 0 aliphatic heterocycles. The van der Waals surface area contributed by atoms with E-state index in [1.807, 2.05) is 0 Å². The first-order chi connectivity index (χ1) is 14.0. The molecule has 0 atom stereocenters. The molecule has 7 heteroatoms. The number of nitrogens with one attached hydrogen (secondary N) is 1. The first-order valence-corrected chi connectivity index (χ1v) is 8.55. The molecular weight excluding hydrogens is 378 g/mol. The maximum absolute atomic E-state index is 13.6. The molecule has 0 saturated heterocycles. The average molecular weight is 394 g/mol. The summed E-state index contributed by atoms with van der Waals surface area (Å²) in [5.41, 5.74) is 0.496. The molecule has 29 heavy (non-hydrogen) atoms. The average Bonchev–Trinajstić information content (AvgIpc) is 2.74. The Labute approximate surface area is 165 Å². The van der Waals surface area contributed by atoms with Crippen molar-refractivity contribution in [2.45, 2.75) is 0 Å². The summed E-state index contributed by atoms with van der Waals surface area (Å²) in [4.78, 5) is 29.6. The van der Waals surface area contributed by atoms with Gasteiger partial charge in [0.2, 0.25) is 0 Å². The monoisotopic (exact) mass is 394 g/mol. The van der Waals surface area contributed by atoms with Gasteiger partial charge >= 0.3 is 0 Å². The van der Waals surface area contributed by atoms with Crippen LogP contribution in [0.1, 0.15) is 15.9 Å². The van der Waals surface area contributed by atoms with Crippen LogP contribution in [0.3, 0.4) is 0 Å². The van der Waals surface area contributed by atoms with E-state index in [0.29, 0.717) is 11.4 Å². The Hall–Kier alpha value is -3.87. The van der Waals surface area contributed by atoms with Crippen LogP contribution in [0, 0.1) is 11.6 Å². The SMILES string of the molecule is COc1cccc(NC(=O)/C(=C/c2ccc(F)c(F)c2)C(=O)c2cccnc2)c1. The molecule has 0 bridgehead atoms. The van der Waals surface area contributed by atoms with Gasteiger partial charge < -0.3 is 10.1 Å². The molecule has 1 amide bonds. The van der Waals surface area contributed by atoms with Crippen LogP contribution in [-0.4, -0.2) is 23.8 Å². The summed E-state index contributed by atoms with van der Waals surface area (Å²) < 4.78 is 31.9. The number of ketones is 1. The second-order valence-corrected chi connectivity index (χ2v) is 5.99. The minimum Gasteiger partial charge on any atom is -0.497 e. The highest BCUT2D eigenvalue weighted by Crippen LogP contribution is 2.20. The lowest BCUT2D eigenvalue weighted by molar-refractivity contribution is -0.112. The zero-order chi connectivity index (χ0) is 20.8. The highest BCUT2D eigenvalue weighted by Gasteiger charge is 2.21. The molecule has 0 fully saturated rings. The number of nitrogens with zero attached hydrogens (tertiary/aromatic N) is 1. The lowest BCUT2D eigenvalue weighted by atomic mass is 10.0.